The maximum Gasteiger partial charge on any atom is 0.387 e. The van der Waals surface area contributed by atoms with Gasteiger partial charge in [-0.25, -0.2) is 4.98 Å². The van der Waals surface area contributed by atoms with Gasteiger partial charge in [0.15, 0.2) is 5.13 Å². The van der Waals surface area contributed by atoms with Crippen molar-refractivity contribution in [3.8, 4) is 17.0 Å². The van der Waals surface area contributed by atoms with E-state index >= 15 is 0 Å². The normalized spacial score (nSPS) is 10.8. The van der Waals surface area contributed by atoms with E-state index in [-0.39, 0.29) is 11.7 Å². The Kier molecular flexibility index (Phi) is 6.78. The van der Waals surface area contributed by atoms with E-state index in [0.29, 0.717) is 28.6 Å². The summed E-state index contributed by atoms with van der Waals surface area (Å²) in [6.45, 7) is -2.91. The summed E-state index contributed by atoms with van der Waals surface area (Å²) in [5.41, 5.74) is 0.930. The lowest BCUT2D eigenvalue weighted by molar-refractivity contribution is -0.115. The van der Waals surface area contributed by atoms with Crippen LogP contribution in [0, 0.1) is 0 Å². The highest BCUT2D eigenvalue weighted by Gasteiger charge is 2.14. The monoisotopic (exact) mass is 406 g/mol. The third kappa shape index (κ3) is 5.77. The van der Waals surface area contributed by atoms with Gasteiger partial charge < -0.3 is 10.1 Å². The minimum Gasteiger partial charge on any atom is -0.434 e. The van der Waals surface area contributed by atoms with Gasteiger partial charge in [-0.2, -0.15) is 8.78 Å². The van der Waals surface area contributed by atoms with Gasteiger partial charge >= 0.3 is 6.61 Å². The summed E-state index contributed by atoms with van der Waals surface area (Å²) < 4.78 is 29.6. The Morgan fingerprint density at radius 3 is 2.67 bits per heavy atom. The number of thioether (sulfide) groups is 1. The fraction of sp³-hybridized carbons (Fsp3) is 0.158. The topological polar surface area (TPSA) is 51.2 Å². The number of hydrogen-bond acceptors (Lipinski definition) is 5. The third-order valence-corrected chi connectivity index (χ3v) is 5.24. The maximum atomic E-state index is 12.5. The van der Waals surface area contributed by atoms with Gasteiger partial charge in [0.1, 0.15) is 5.75 Å². The van der Waals surface area contributed by atoms with Crippen molar-refractivity contribution in [2.45, 2.75) is 17.9 Å². The average Bonchev–Trinajstić information content (AvgIpc) is 3.11. The molecule has 3 rings (SSSR count). The van der Waals surface area contributed by atoms with Gasteiger partial charge in [-0.05, 0) is 24.3 Å². The van der Waals surface area contributed by atoms with Crippen LogP contribution in [0.1, 0.15) is 6.42 Å². The molecule has 0 saturated heterocycles. The smallest absolute Gasteiger partial charge is 0.387 e. The quantitative estimate of drug-likeness (QED) is 0.500. The van der Waals surface area contributed by atoms with Gasteiger partial charge in [-0.15, -0.1) is 23.1 Å². The van der Waals surface area contributed by atoms with Crippen LogP contribution >= 0.6 is 23.1 Å². The molecule has 0 aliphatic rings. The number of nitrogens with one attached hydrogen (secondary N) is 1. The van der Waals surface area contributed by atoms with Gasteiger partial charge in [0.2, 0.25) is 5.91 Å². The second kappa shape index (κ2) is 9.48. The number of carbonyl (C=O) groups is 1. The Balaban J connectivity index is 1.57. The molecule has 0 saturated carbocycles. The maximum absolute atomic E-state index is 12.5. The number of para-hydroxylation sites is 1. The van der Waals surface area contributed by atoms with E-state index in [1.54, 1.807) is 35.3 Å². The molecule has 2 aromatic carbocycles. The van der Waals surface area contributed by atoms with Crippen LogP contribution in [-0.4, -0.2) is 23.3 Å². The molecular weight excluding hydrogens is 390 g/mol. The molecule has 1 aromatic heterocycles. The zero-order chi connectivity index (χ0) is 19.1. The minimum absolute atomic E-state index is 0.0509. The minimum atomic E-state index is -2.91. The molecule has 0 spiro atoms. The molecule has 0 fully saturated rings. The fourth-order valence-electron chi connectivity index (χ4n) is 2.29. The van der Waals surface area contributed by atoms with Crippen LogP contribution < -0.4 is 10.1 Å². The highest BCUT2D eigenvalue weighted by Crippen LogP contribution is 2.33. The Labute approximate surface area is 163 Å². The summed E-state index contributed by atoms with van der Waals surface area (Å²) in [4.78, 5) is 17.5. The first-order valence-electron chi connectivity index (χ1n) is 8.09. The number of halogens is 2. The zero-order valence-electron chi connectivity index (χ0n) is 14.1. The summed E-state index contributed by atoms with van der Waals surface area (Å²) in [6.07, 6.45) is 0.347. The Morgan fingerprint density at radius 1 is 1.15 bits per heavy atom. The van der Waals surface area contributed by atoms with Crippen molar-refractivity contribution in [1.29, 1.82) is 0 Å². The molecule has 3 aromatic rings. The third-order valence-electron chi connectivity index (χ3n) is 3.47. The van der Waals surface area contributed by atoms with Crippen LogP contribution in [0.5, 0.6) is 5.75 Å². The number of nitrogens with zero attached hydrogens (tertiary/aromatic N) is 1. The molecule has 0 aliphatic carbocycles. The number of amides is 1. The van der Waals surface area contributed by atoms with E-state index in [1.165, 1.54) is 17.4 Å². The van der Waals surface area contributed by atoms with E-state index in [0.717, 1.165) is 4.90 Å². The molecular formula is C19H16F2N2O2S2. The molecule has 27 heavy (non-hydrogen) atoms. The van der Waals surface area contributed by atoms with Crippen LogP contribution in [0.25, 0.3) is 11.3 Å². The van der Waals surface area contributed by atoms with Gasteiger partial charge in [-0.3, -0.25) is 4.79 Å². The van der Waals surface area contributed by atoms with Crippen LogP contribution in [0.3, 0.4) is 0 Å². The largest absolute Gasteiger partial charge is 0.434 e. The Morgan fingerprint density at radius 2 is 1.89 bits per heavy atom. The van der Waals surface area contributed by atoms with E-state index in [1.807, 2.05) is 30.3 Å². The van der Waals surface area contributed by atoms with E-state index < -0.39 is 6.61 Å². The average molecular weight is 406 g/mol. The lowest BCUT2D eigenvalue weighted by Gasteiger charge is -2.08. The summed E-state index contributed by atoms with van der Waals surface area (Å²) in [6, 6.07) is 16.3. The van der Waals surface area contributed by atoms with Crippen molar-refractivity contribution in [3.05, 3.63) is 60.0 Å². The lowest BCUT2D eigenvalue weighted by Crippen LogP contribution is -2.11. The number of aromatic nitrogens is 1. The molecule has 0 unspecified atom stereocenters. The summed E-state index contributed by atoms with van der Waals surface area (Å²) in [5, 5.41) is 4.86. The molecule has 1 N–H and O–H groups in total. The lowest BCUT2D eigenvalue weighted by atomic mass is 10.1. The fourth-order valence-corrected chi connectivity index (χ4v) is 3.89. The number of anilines is 1. The van der Waals surface area contributed by atoms with E-state index in [9.17, 15) is 13.6 Å². The summed E-state index contributed by atoms with van der Waals surface area (Å²) in [7, 11) is 0. The number of hydrogen-bond donors (Lipinski definition) is 1. The number of benzene rings is 2. The van der Waals surface area contributed by atoms with Crippen LogP contribution in [0.4, 0.5) is 13.9 Å². The van der Waals surface area contributed by atoms with Crippen molar-refractivity contribution >= 4 is 34.1 Å². The number of carbonyl (C=O) groups excluding carboxylic acids is 1. The van der Waals surface area contributed by atoms with Crippen molar-refractivity contribution in [3.63, 3.8) is 0 Å². The van der Waals surface area contributed by atoms with Gasteiger partial charge in [0, 0.05) is 28.0 Å². The first-order valence-corrected chi connectivity index (χ1v) is 9.96. The van der Waals surface area contributed by atoms with E-state index in [4.69, 9.17) is 0 Å². The second-order valence-corrected chi connectivity index (χ2v) is 7.40. The van der Waals surface area contributed by atoms with Gasteiger partial charge in [0.05, 0.1) is 5.69 Å². The second-order valence-electron chi connectivity index (χ2n) is 5.37. The van der Waals surface area contributed by atoms with Crippen LogP contribution in [0.15, 0.2) is 64.9 Å². The number of alkyl halides is 2. The van der Waals surface area contributed by atoms with Crippen LogP contribution in [-0.2, 0) is 4.79 Å². The molecule has 1 amide bonds. The SMILES string of the molecule is O=C(CCSc1ccccc1)Nc1nc(-c2ccccc2OC(F)F)cs1. The predicted molar refractivity (Wildman–Crippen MR) is 105 cm³/mol. The molecule has 1 heterocycles. The molecule has 140 valence electrons. The molecule has 4 nitrogen and oxygen atoms in total. The molecule has 0 radical (unpaired) electrons. The first-order chi connectivity index (χ1) is 13.1. The summed E-state index contributed by atoms with van der Waals surface area (Å²) >= 11 is 2.84. The van der Waals surface area contributed by atoms with E-state index in [2.05, 4.69) is 15.0 Å². The highest BCUT2D eigenvalue weighted by molar-refractivity contribution is 7.99. The van der Waals surface area contributed by atoms with Crippen molar-refractivity contribution in [1.82, 2.24) is 4.98 Å². The zero-order valence-corrected chi connectivity index (χ0v) is 15.7. The van der Waals surface area contributed by atoms with Gasteiger partial charge in [-0.1, -0.05) is 30.3 Å². The van der Waals surface area contributed by atoms with Crippen molar-refractivity contribution in [2.75, 3.05) is 11.1 Å². The molecule has 0 aliphatic heterocycles. The summed E-state index contributed by atoms with van der Waals surface area (Å²) in [5.74, 6) is 0.561. The predicted octanol–water partition coefficient (Wildman–Crippen LogP) is 5.53. The van der Waals surface area contributed by atoms with Gasteiger partial charge in [0.25, 0.3) is 0 Å². The highest BCUT2D eigenvalue weighted by atomic mass is 32.2. The first kappa shape index (κ1) is 19.3. The Bertz CT molecular complexity index is 888. The van der Waals surface area contributed by atoms with Crippen LogP contribution in [0.2, 0.25) is 0 Å². The number of ether oxygens (including phenoxy) is 1. The standard InChI is InChI=1S/C19H16F2N2O2S2/c20-18(21)25-16-9-5-4-8-14(16)15-12-27-19(22-15)23-17(24)10-11-26-13-6-2-1-3-7-13/h1-9,12,18H,10-11H2,(H,22,23,24). The number of thiazole rings is 1. The molecule has 0 atom stereocenters. The molecule has 8 heteroatoms. The Hall–Kier alpha value is -2.45. The van der Waals surface area contributed by atoms with Crippen molar-refractivity contribution in [2.24, 2.45) is 0 Å². The number of rotatable bonds is 8. The molecule has 0 bridgehead atoms. The van der Waals surface area contributed by atoms with Crippen molar-refractivity contribution < 1.29 is 18.3 Å².